The van der Waals surface area contributed by atoms with Gasteiger partial charge in [-0.1, -0.05) is 11.6 Å². The summed E-state index contributed by atoms with van der Waals surface area (Å²) in [5.74, 6) is -0.571. The van der Waals surface area contributed by atoms with Gasteiger partial charge >= 0.3 is 6.36 Å². The fourth-order valence-electron chi connectivity index (χ4n) is 0.750. The topological polar surface area (TPSA) is 42.4 Å². The number of hydrogen-bond acceptors (Lipinski definition) is 3. The van der Waals surface area contributed by atoms with Gasteiger partial charge in [0, 0.05) is 12.3 Å². The van der Waals surface area contributed by atoms with Crippen molar-refractivity contribution in [3.8, 4) is 5.75 Å². The van der Waals surface area contributed by atoms with Crippen molar-refractivity contribution < 1.29 is 23.0 Å². The molecule has 0 aliphatic heterocycles. The minimum absolute atomic E-state index is 0.0497. The van der Waals surface area contributed by atoms with Crippen LogP contribution in [0.5, 0.6) is 5.75 Å². The quantitative estimate of drug-likeness (QED) is 0.842. The number of aliphatic hydroxyl groups is 1. The fraction of sp³-hybridized carbons (Fsp3) is 0.286. The largest absolute Gasteiger partial charge is 0.573 e. The molecule has 0 saturated carbocycles. The Kier molecular flexibility index (Phi) is 3.17. The van der Waals surface area contributed by atoms with Crippen LogP contribution in [0.2, 0.25) is 5.02 Å². The van der Waals surface area contributed by atoms with Crippen molar-refractivity contribution in [2.75, 3.05) is 0 Å². The molecule has 0 aliphatic carbocycles. The van der Waals surface area contributed by atoms with Gasteiger partial charge in [0.15, 0.2) is 5.75 Å². The standard InChI is InChI=1S/C7H5ClF3NO2/c8-5-2-12-4(3-13)1-6(5)14-7(9,10)11/h1-2,13H,3H2. The maximum absolute atomic E-state index is 11.8. The molecule has 0 bridgehead atoms. The van der Waals surface area contributed by atoms with Gasteiger partial charge in [0.1, 0.15) is 5.02 Å². The molecule has 0 amide bonds. The Morgan fingerprint density at radius 2 is 2.14 bits per heavy atom. The molecular weight excluding hydrogens is 223 g/mol. The monoisotopic (exact) mass is 227 g/mol. The lowest BCUT2D eigenvalue weighted by atomic mass is 10.3. The van der Waals surface area contributed by atoms with Gasteiger partial charge in [0.25, 0.3) is 0 Å². The summed E-state index contributed by atoms with van der Waals surface area (Å²) in [6.45, 7) is -0.481. The van der Waals surface area contributed by atoms with Crippen LogP contribution in [0.1, 0.15) is 5.69 Å². The molecule has 1 aromatic rings. The van der Waals surface area contributed by atoms with Gasteiger partial charge in [-0.05, 0) is 0 Å². The molecule has 14 heavy (non-hydrogen) atoms. The molecular formula is C7H5ClF3NO2. The molecule has 0 radical (unpaired) electrons. The summed E-state index contributed by atoms with van der Waals surface area (Å²) in [6, 6.07) is 0.926. The predicted octanol–water partition coefficient (Wildman–Crippen LogP) is 2.13. The van der Waals surface area contributed by atoms with E-state index in [1.54, 1.807) is 0 Å². The maximum Gasteiger partial charge on any atom is 0.573 e. The van der Waals surface area contributed by atoms with Crippen molar-refractivity contribution in [3.05, 3.63) is 23.0 Å². The molecule has 0 saturated heterocycles. The molecule has 0 spiro atoms. The summed E-state index contributed by atoms with van der Waals surface area (Å²) < 4.78 is 39.0. The molecule has 0 unspecified atom stereocenters. The van der Waals surface area contributed by atoms with Crippen molar-refractivity contribution in [2.45, 2.75) is 13.0 Å². The maximum atomic E-state index is 11.8. The molecule has 0 atom stereocenters. The number of aromatic nitrogens is 1. The van der Waals surface area contributed by atoms with E-state index in [0.717, 1.165) is 12.3 Å². The van der Waals surface area contributed by atoms with E-state index in [0.29, 0.717) is 0 Å². The Morgan fingerprint density at radius 1 is 1.50 bits per heavy atom. The van der Waals surface area contributed by atoms with Crippen LogP contribution in [0.4, 0.5) is 13.2 Å². The lowest BCUT2D eigenvalue weighted by Gasteiger charge is -2.10. The van der Waals surface area contributed by atoms with E-state index in [2.05, 4.69) is 9.72 Å². The molecule has 0 fully saturated rings. The van der Waals surface area contributed by atoms with Gasteiger partial charge in [-0.25, -0.2) is 0 Å². The summed E-state index contributed by atoms with van der Waals surface area (Å²) in [5, 5.41) is 8.34. The summed E-state index contributed by atoms with van der Waals surface area (Å²) in [4.78, 5) is 3.56. The van der Waals surface area contributed by atoms with Crippen molar-refractivity contribution in [1.82, 2.24) is 4.98 Å². The van der Waals surface area contributed by atoms with Crippen LogP contribution in [0.15, 0.2) is 12.3 Å². The number of alkyl halides is 3. The van der Waals surface area contributed by atoms with Crippen molar-refractivity contribution in [1.29, 1.82) is 0 Å². The third kappa shape index (κ3) is 3.04. The molecule has 7 heteroatoms. The minimum Gasteiger partial charge on any atom is -0.404 e. The van der Waals surface area contributed by atoms with Gasteiger partial charge in [-0.3, -0.25) is 4.98 Å². The highest BCUT2D eigenvalue weighted by atomic mass is 35.5. The lowest BCUT2D eigenvalue weighted by Crippen LogP contribution is -2.17. The molecule has 0 aliphatic rings. The normalized spacial score (nSPS) is 11.5. The van der Waals surface area contributed by atoms with Crippen LogP contribution >= 0.6 is 11.6 Å². The van der Waals surface area contributed by atoms with Crippen molar-refractivity contribution >= 4 is 11.6 Å². The smallest absolute Gasteiger partial charge is 0.404 e. The molecule has 1 heterocycles. The third-order valence-electron chi connectivity index (χ3n) is 1.26. The molecule has 78 valence electrons. The Bertz CT molecular complexity index is 329. The van der Waals surface area contributed by atoms with E-state index in [-0.39, 0.29) is 10.7 Å². The SMILES string of the molecule is OCc1cc(OC(F)(F)F)c(Cl)cn1. The zero-order valence-electron chi connectivity index (χ0n) is 6.68. The molecule has 1 rings (SSSR count). The average molecular weight is 228 g/mol. The number of nitrogens with zero attached hydrogens (tertiary/aromatic N) is 1. The van der Waals surface area contributed by atoms with E-state index < -0.39 is 18.7 Å². The van der Waals surface area contributed by atoms with Gasteiger partial charge < -0.3 is 9.84 Å². The summed E-state index contributed by atoms with van der Waals surface area (Å²) in [6.07, 6.45) is -3.83. The Labute approximate surface area is 82.1 Å². The van der Waals surface area contributed by atoms with Gasteiger partial charge in [0.05, 0.1) is 12.3 Å². The number of pyridine rings is 1. The molecule has 3 nitrogen and oxygen atoms in total. The Hall–Kier alpha value is -1.01. The van der Waals surface area contributed by atoms with Crippen LogP contribution in [-0.2, 0) is 6.61 Å². The van der Waals surface area contributed by atoms with Crippen molar-refractivity contribution in [2.24, 2.45) is 0 Å². The highest BCUT2D eigenvalue weighted by molar-refractivity contribution is 6.31. The first kappa shape index (κ1) is 11.1. The van der Waals surface area contributed by atoms with Crippen LogP contribution < -0.4 is 4.74 Å². The Balaban J connectivity index is 2.95. The van der Waals surface area contributed by atoms with Crippen LogP contribution in [0.3, 0.4) is 0 Å². The highest BCUT2D eigenvalue weighted by Crippen LogP contribution is 2.29. The van der Waals surface area contributed by atoms with Gasteiger partial charge in [-0.2, -0.15) is 0 Å². The van der Waals surface area contributed by atoms with E-state index in [9.17, 15) is 13.2 Å². The van der Waals surface area contributed by atoms with E-state index in [1.807, 2.05) is 0 Å². The predicted molar refractivity (Wildman–Crippen MR) is 41.9 cm³/mol. The number of aliphatic hydroxyl groups excluding tert-OH is 1. The summed E-state index contributed by atoms with van der Waals surface area (Å²) in [7, 11) is 0. The number of hydrogen-bond donors (Lipinski definition) is 1. The fourth-order valence-corrected chi connectivity index (χ4v) is 0.892. The van der Waals surface area contributed by atoms with E-state index in [4.69, 9.17) is 16.7 Å². The molecule has 0 aromatic carbocycles. The molecule has 1 aromatic heterocycles. The molecule has 1 N–H and O–H groups in total. The van der Waals surface area contributed by atoms with Gasteiger partial charge in [0.2, 0.25) is 0 Å². The van der Waals surface area contributed by atoms with Crippen LogP contribution in [-0.4, -0.2) is 16.5 Å². The lowest BCUT2D eigenvalue weighted by molar-refractivity contribution is -0.274. The third-order valence-corrected chi connectivity index (χ3v) is 1.55. The first-order valence-electron chi connectivity index (χ1n) is 3.43. The second-order valence-electron chi connectivity index (χ2n) is 2.31. The second-order valence-corrected chi connectivity index (χ2v) is 2.72. The summed E-state index contributed by atoms with van der Waals surface area (Å²) in [5.41, 5.74) is 0.0497. The zero-order valence-corrected chi connectivity index (χ0v) is 7.43. The number of rotatable bonds is 2. The first-order chi connectivity index (χ1) is 6.42. The Morgan fingerprint density at radius 3 is 2.64 bits per heavy atom. The second kappa shape index (κ2) is 4.02. The zero-order chi connectivity index (χ0) is 10.8. The van der Waals surface area contributed by atoms with E-state index in [1.165, 1.54) is 0 Å². The highest BCUT2D eigenvalue weighted by Gasteiger charge is 2.32. The van der Waals surface area contributed by atoms with E-state index >= 15 is 0 Å². The van der Waals surface area contributed by atoms with Gasteiger partial charge in [-0.15, -0.1) is 13.2 Å². The van der Waals surface area contributed by atoms with Crippen LogP contribution in [0, 0.1) is 0 Å². The van der Waals surface area contributed by atoms with Crippen LogP contribution in [0.25, 0.3) is 0 Å². The minimum atomic E-state index is -4.81. The van der Waals surface area contributed by atoms with Crippen molar-refractivity contribution in [3.63, 3.8) is 0 Å². The number of halogens is 4. The summed E-state index contributed by atoms with van der Waals surface area (Å²) >= 11 is 5.39. The number of ether oxygens (including phenoxy) is 1. The average Bonchev–Trinajstić information content (AvgIpc) is 2.06. The first-order valence-corrected chi connectivity index (χ1v) is 3.81.